The van der Waals surface area contributed by atoms with Crippen molar-refractivity contribution in [1.82, 2.24) is 15.2 Å². The molecule has 21 heavy (non-hydrogen) atoms. The Morgan fingerprint density at radius 1 is 1.19 bits per heavy atom. The average Bonchev–Trinajstić information content (AvgIpc) is 3.13. The van der Waals surface area contributed by atoms with E-state index >= 15 is 0 Å². The highest BCUT2D eigenvalue weighted by molar-refractivity contribution is 7.98. The van der Waals surface area contributed by atoms with E-state index in [1.54, 1.807) is 29.2 Å². The maximum absolute atomic E-state index is 6.00. The third kappa shape index (κ3) is 4.01. The summed E-state index contributed by atoms with van der Waals surface area (Å²) in [6, 6.07) is 9.77. The lowest BCUT2D eigenvalue weighted by molar-refractivity contribution is 0.960. The molecule has 2 heterocycles. The fraction of sp³-hybridized carbons (Fsp3) is 0.143. The van der Waals surface area contributed by atoms with Gasteiger partial charge < -0.3 is 0 Å². The van der Waals surface area contributed by atoms with Crippen molar-refractivity contribution in [1.29, 1.82) is 0 Å². The Bertz CT molecular complexity index is 726. The van der Waals surface area contributed by atoms with Crippen LogP contribution in [0, 0.1) is 0 Å². The van der Waals surface area contributed by atoms with Crippen molar-refractivity contribution in [3.63, 3.8) is 0 Å². The van der Waals surface area contributed by atoms with Crippen LogP contribution in [0.1, 0.15) is 16.3 Å². The van der Waals surface area contributed by atoms with Gasteiger partial charge in [0, 0.05) is 17.1 Å². The highest BCUT2D eigenvalue weighted by Crippen LogP contribution is 2.26. The van der Waals surface area contributed by atoms with Crippen molar-refractivity contribution in [2.24, 2.45) is 0 Å². The van der Waals surface area contributed by atoms with E-state index in [4.69, 9.17) is 23.2 Å². The fourth-order valence-corrected chi connectivity index (χ4v) is 3.57. The molecule has 108 valence electrons. The number of hydrogen-bond acceptors (Lipinski definition) is 4. The molecule has 0 spiro atoms. The Morgan fingerprint density at radius 3 is 2.86 bits per heavy atom. The minimum absolute atomic E-state index is 0.571. The van der Waals surface area contributed by atoms with Gasteiger partial charge in [-0.2, -0.15) is 0 Å². The molecule has 0 bridgehead atoms. The number of halogens is 2. The zero-order valence-electron chi connectivity index (χ0n) is 10.8. The molecule has 0 aliphatic rings. The molecule has 7 heteroatoms. The number of rotatable bonds is 5. The first-order valence-electron chi connectivity index (χ1n) is 6.21. The minimum Gasteiger partial charge on any atom is -0.262 e. The van der Waals surface area contributed by atoms with Gasteiger partial charge in [-0.25, -0.2) is 4.98 Å². The van der Waals surface area contributed by atoms with Crippen LogP contribution in [-0.2, 0) is 12.2 Å². The summed E-state index contributed by atoms with van der Waals surface area (Å²) in [5.41, 5.74) is 1.10. The topological polar surface area (TPSA) is 41.6 Å². The van der Waals surface area contributed by atoms with Crippen LogP contribution in [0.5, 0.6) is 0 Å². The predicted octanol–water partition coefficient (Wildman–Crippen LogP) is 5.06. The maximum Gasteiger partial charge on any atom is 0.208 e. The standard InChI is InChI=1S/C14H11Cl2N3S2/c15-11-4-3-9(6-12(11)16)8-21-14-17-13(18-19-14)7-10-2-1-5-20-10/h1-6H,7-8H2,(H,17,18,19). The smallest absolute Gasteiger partial charge is 0.208 e. The van der Waals surface area contributed by atoms with Crippen LogP contribution in [0.4, 0.5) is 0 Å². The number of hydrogen-bond donors (Lipinski definition) is 1. The van der Waals surface area contributed by atoms with Crippen LogP contribution in [0.15, 0.2) is 40.9 Å². The first-order valence-corrected chi connectivity index (χ1v) is 8.83. The Labute approximate surface area is 140 Å². The predicted molar refractivity (Wildman–Crippen MR) is 89.5 cm³/mol. The lowest BCUT2D eigenvalue weighted by Crippen LogP contribution is -1.87. The second kappa shape index (κ2) is 6.83. The molecule has 0 aliphatic carbocycles. The van der Waals surface area contributed by atoms with Gasteiger partial charge in [0.15, 0.2) is 0 Å². The summed E-state index contributed by atoms with van der Waals surface area (Å²) in [7, 11) is 0. The van der Waals surface area contributed by atoms with Gasteiger partial charge in [0.05, 0.1) is 10.0 Å². The summed E-state index contributed by atoms with van der Waals surface area (Å²) in [5.74, 6) is 1.64. The number of nitrogens with one attached hydrogen (secondary N) is 1. The number of H-pyrrole nitrogens is 1. The van der Waals surface area contributed by atoms with Crippen molar-refractivity contribution in [3.8, 4) is 0 Å². The Morgan fingerprint density at radius 2 is 2.10 bits per heavy atom. The molecule has 0 atom stereocenters. The molecule has 0 amide bonds. The summed E-state index contributed by atoms with van der Waals surface area (Å²) < 4.78 is 0. The highest BCUT2D eigenvalue weighted by atomic mass is 35.5. The number of nitrogens with zero attached hydrogens (tertiary/aromatic N) is 2. The van der Waals surface area contributed by atoms with Gasteiger partial charge in [-0.05, 0) is 29.1 Å². The zero-order chi connectivity index (χ0) is 14.7. The fourth-order valence-electron chi connectivity index (χ4n) is 1.78. The molecule has 0 saturated heterocycles. The van der Waals surface area contributed by atoms with E-state index in [1.807, 2.05) is 18.2 Å². The lowest BCUT2D eigenvalue weighted by atomic mass is 10.2. The van der Waals surface area contributed by atoms with E-state index in [-0.39, 0.29) is 0 Å². The second-order valence-electron chi connectivity index (χ2n) is 4.36. The van der Waals surface area contributed by atoms with Crippen LogP contribution in [0.3, 0.4) is 0 Å². The van der Waals surface area contributed by atoms with Crippen molar-refractivity contribution in [3.05, 3.63) is 62.0 Å². The van der Waals surface area contributed by atoms with E-state index in [0.29, 0.717) is 10.0 Å². The molecule has 0 aliphatic heterocycles. The van der Waals surface area contributed by atoms with Crippen molar-refractivity contribution < 1.29 is 0 Å². The number of aromatic amines is 1. The SMILES string of the molecule is Clc1ccc(CSc2n[nH]c(Cc3cccs3)n2)cc1Cl. The van der Waals surface area contributed by atoms with Crippen LogP contribution in [0.2, 0.25) is 10.0 Å². The Hall–Kier alpha value is -1.01. The van der Waals surface area contributed by atoms with E-state index in [9.17, 15) is 0 Å². The molecule has 1 aromatic carbocycles. The van der Waals surface area contributed by atoms with Gasteiger partial charge in [0.1, 0.15) is 5.82 Å². The largest absolute Gasteiger partial charge is 0.262 e. The summed E-state index contributed by atoms with van der Waals surface area (Å²) in [4.78, 5) is 5.75. The van der Waals surface area contributed by atoms with Gasteiger partial charge in [0.2, 0.25) is 5.16 Å². The third-order valence-electron chi connectivity index (χ3n) is 2.78. The number of aromatic nitrogens is 3. The molecule has 3 aromatic rings. The summed E-state index contributed by atoms with van der Waals surface area (Å²) >= 11 is 15.2. The lowest BCUT2D eigenvalue weighted by Gasteiger charge is -2.00. The van der Waals surface area contributed by atoms with Crippen molar-refractivity contribution in [2.45, 2.75) is 17.3 Å². The molecule has 1 N–H and O–H groups in total. The van der Waals surface area contributed by atoms with Gasteiger partial charge >= 0.3 is 0 Å². The van der Waals surface area contributed by atoms with Crippen LogP contribution < -0.4 is 0 Å². The zero-order valence-corrected chi connectivity index (χ0v) is 14.0. The number of thiophene rings is 1. The summed E-state index contributed by atoms with van der Waals surface area (Å²) in [6.45, 7) is 0. The van der Waals surface area contributed by atoms with Crippen LogP contribution >= 0.6 is 46.3 Å². The average molecular weight is 356 g/mol. The summed E-state index contributed by atoms with van der Waals surface area (Å²) in [5, 5.41) is 11.2. The first-order chi connectivity index (χ1) is 10.2. The van der Waals surface area contributed by atoms with Crippen LogP contribution in [-0.4, -0.2) is 15.2 Å². The highest BCUT2D eigenvalue weighted by Gasteiger charge is 2.07. The molecule has 2 aromatic heterocycles. The Balaban J connectivity index is 1.60. The van der Waals surface area contributed by atoms with Gasteiger partial charge in [-0.15, -0.1) is 16.4 Å². The number of thioether (sulfide) groups is 1. The first kappa shape index (κ1) is 14.9. The minimum atomic E-state index is 0.571. The molecular formula is C14H11Cl2N3S2. The third-order valence-corrected chi connectivity index (χ3v) is 5.32. The monoisotopic (exact) mass is 355 g/mol. The van der Waals surface area contributed by atoms with E-state index in [2.05, 4.69) is 26.6 Å². The van der Waals surface area contributed by atoms with Gasteiger partial charge in [-0.1, -0.05) is 47.1 Å². The molecule has 0 saturated carbocycles. The van der Waals surface area contributed by atoms with E-state index < -0.39 is 0 Å². The Kier molecular flexibility index (Phi) is 4.85. The van der Waals surface area contributed by atoms with Crippen LogP contribution in [0.25, 0.3) is 0 Å². The quantitative estimate of drug-likeness (QED) is 0.650. The summed E-state index contributed by atoms with van der Waals surface area (Å²) in [6.07, 6.45) is 0.790. The van der Waals surface area contributed by atoms with Gasteiger partial charge in [-0.3, -0.25) is 5.10 Å². The van der Waals surface area contributed by atoms with E-state index in [1.165, 1.54) is 4.88 Å². The number of benzene rings is 1. The normalized spacial score (nSPS) is 11.0. The van der Waals surface area contributed by atoms with Crippen molar-refractivity contribution in [2.75, 3.05) is 0 Å². The second-order valence-corrected chi connectivity index (χ2v) is 7.15. The van der Waals surface area contributed by atoms with E-state index in [0.717, 1.165) is 28.7 Å². The molecule has 0 fully saturated rings. The molecule has 0 radical (unpaired) electrons. The molecule has 3 nitrogen and oxygen atoms in total. The molecule has 3 rings (SSSR count). The molecular weight excluding hydrogens is 345 g/mol. The van der Waals surface area contributed by atoms with Crippen molar-refractivity contribution >= 4 is 46.3 Å². The van der Waals surface area contributed by atoms with Gasteiger partial charge in [0.25, 0.3) is 0 Å². The maximum atomic E-state index is 6.00. The molecule has 0 unspecified atom stereocenters.